The van der Waals surface area contributed by atoms with Gasteiger partial charge in [-0.2, -0.15) is 0 Å². The molecule has 0 spiro atoms. The number of phenolic OH excluding ortho intramolecular Hbond substituents is 1. The average Bonchev–Trinajstić information content (AvgIpc) is 2.87. The molecule has 4 heteroatoms. The van der Waals surface area contributed by atoms with Crippen molar-refractivity contribution in [2.24, 2.45) is 0 Å². The van der Waals surface area contributed by atoms with Crippen LogP contribution in [0.1, 0.15) is 18.4 Å². The Morgan fingerprint density at radius 1 is 1.18 bits per heavy atom. The van der Waals surface area contributed by atoms with E-state index in [2.05, 4.69) is 0 Å². The van der Waals surface area contributed by atoms with Gasteiger partial charge in [0.15, 0.2) is 5.76 Å². The summed E-state index contributed by atoms with van der Waals surface area (Å²) in [4.78, 5) is 13.5. The molecule has 3 rings (SSSR count). The van der Waals surface area contributed by atoms with Crippen LogP contribution in [0.3, 0.4) is 0 Å². The second-order valence-electron chi connectivity index (χ2n) is 4.47. The van der Waals surface area contributed by atoms with Gasteiger partial charge in [0, 0.05) is 12.1 Å². The summed E-state index contributed by atoms with van der Waals surface area (Å²) in [5.41, 5.74) is 1.51. The number of carbonyl (C=O) groups is 1. The van der Waals surface area contributed by atoms with E-state index in [-0.39, 0.29) is 23.5 Å². The third-order valence-corrected chi connectivity index (χ3v) is 3.48. The molecule has 1 atom stereocenters. The van der Waals surface area contributed by atoms with E-state index in [9.17, 15) is 15.0 Å². The van der Waals surface area contributed by atoms with Crippen LogP contribution in [0.15, 0.2) is 30.0 Å². The molecule has 2 aliphatic heterocycles. The summed E-state index contributed by atoms with van der Waals surface area (Å²) >= 11 is 0. The molecule has 1 aromatic carbocycles. The monoisotopic (exact) mass is 231 g/mol. The molecule has 1 saturated heterocycles. The maximum absolute atomic E-state index is 11.8. The zero-order valence-corrected chi connectivity index (χ0v) is 9.26. The van der Waals surface area contributed by atoms with Crippen LogP contribution >= 0.6 is 0 Å². The van der Waals surface area contributed by atoms with Gasteiger partial charge in [-0.15, -0.1) is 0 Å². The van der Waals surface area contributed by atoms with Gasteiger partial charge in [0.25, 0.3) is 5.91 Å². The summed E-state index contributed by atoms with van der Waals surface area (Å²) < 4.78 is 0. The van der Waals surface area contributed by atoms with E-state index in [4.69, 9.17) is 0 Å². The van der Waals surface area contributed by atoms with Crippen molar-refractivity contribution in [1.29, 1.82) is 0 Å². The molecule has 0 aliphatic carbocycles. The summed E-state index contributed by atoms with van der Waals surface area (Å²) in [5, 5.41) is 19.2. The molecule has 0 saturated carbocycles. The molecule has 1 aromatic rings. The summed E-state index contributed by atoms with van der Waals surface area (Å²) in [6, 6.07) is 6.61. The second kappa shape index (κ2) is 3.52. The number of aliphatic hydroxyl groups is 1. The zero-order chi connectivity index (χ0) is 12.0. The number of aliphatic hydroxyl groups excluding tert-OH is 1. The van der Waals surface area contributed by atoms with Crippen LogP contribution in [0.25, 0.3) is 5.57 Å². The minimum Gasteiger partial charge on any atom is -0.508 e. The van der Waals surface area contributed by atoms with E-state index < -0.39 is 0 Å². The SMILES string of the molecule is O=C1C(O)=C(c2ccc(O)cc2)C2CCCN12. The minimum atomic E-state index is -0.268. The number of phenols is 1. The number of fused-ring (bicyclic) bond motifs is 1. The van der Waals surface area contributed by atoms with Crippen molar-refractivity contribution in [1.82, 2.24) is 4.90 Å². The second-order valence-corrected chi connectivity index (χ2v) is 4.47. The Morgan fingerprint density at radius 3 is 2.59 bits per heavy atom. The van der Waals surface area contributed by atoms with Gasteiger partial charge in [-0.25, -0.2) is 0 Å². The van der Waals surface area contributed by atoms with E-state index in [1.165, 1.54) is 0 Å². The number of benzene rings is 1. The molecule has 2 N–H and O–H groups in total. The highest BCUT2D eigenvalue weighted by Crippen LogP contribution is 2.38. The number of carbonyl (C=O) groups excluding carboxylic acids is 1. The Hall–Kier alpha value is -1.97. The lowest BCUT2D eigenvalue weighted by Gasteiger charge is -2.17. The van der Waals surface area contributed by atoms with Crippen LogP contribution in [0.5, 0.6) is 5.75 Å². The van der Waals surface area contributed by atoms with Gasteiger partial charge in [-0.3, -0.25) is 4.79 Å². The van der Waals surface area contributed by atoms with Crippen molar-refractivity contribution >= 4 is 11.5 Å². The minimum absolute atomic E-state index is 0.00652. The lowest BCUT2D eigenvalue weighted by atomic mass is 9.98. The van der Waals surface area contributed by atoms with Crippen LogP contribution in [-0.2, 0) is 4.79 Å². The molecule has 17 heavy (non-hydrogen) atoms. The molecular formula is C13H13NO3. The molecule has 1 amide bonds. The standard InChI is InChI=1S/C13H13NO3/c15-9-5-3-8(4-6-9)11-10-2-1-7-14(10)13(17)12(11)16/h3-6,10,15-16H,1-2,7H2. The average molecular weight is 231 g/mol. The van der Waals surface area contributed by atoms with Gasteiger partial charge in [0.2, 0.25) is 0 Å². The van der Waals surface area contributed by atoms with Crippen LogP contribution in [0.2, 0.25) is 0 Å². The van der Waals surface area contributed by atoms with Crippen LogP contribution < -0.4 is 0 Å². The number of nitrogens with zero attached hydrogens (tertiary/aromatic N) is 1. The number of aromatic hydroxyl groups is 1. The van der Waals surface area contributed by atoms with Crippen molar-refractivity contribution < 1.29 is 15.0 Å². The molecule has 2 aliphatic rings. The smallest absolute Gasteiger partial charge is 0.289 e. The predicted molar refractivity (Wildman–Crippen MR) is 62.4 cm³/mol. The van der Waals surface area contributed by atoms with Crippen molar-refractivity contribution in [2.45, 2.75) is 18.9 Å². The topological polar surface area (TPSA) is 60.8 Å². The van der Waals surface area contributed by atoms with Gasteiger partial charge in [-0.1, -0.05) is 12.1 Å². The van der Waals surface area contributed by atoms with Crippen LogP contribution in [0, 0.1) is 0 Å². The molecule has 4 nitrogen and oxygen atoms in total. The highest BCUT2D eigenvalue weighted by atomic mass is 16.3. The highest BCUT2D eigenvalue weighted by Gasteiger charge is 2.42. The first-order chi connectivity index (χ1) is 8.18. The molecule has 1 unspecified atom stereocenters. The molecule has 2 heterocycles. The van der Waals surface area contributed by atoms with Crippen molar-refractivity contribution in [3.8, 4) is 5.75 Å². The third kappa shape index (κ3) is 1.40. The van der Waals surface area contributed by atoms with E-state index in [0.717, 1.165) is 24.9 Å². The first kappa shape index (κ1) is 10.2. The lowest BCUT2D eigenvalue weighted by molar-refractivity contribution is -0.128. The van der Waals surface area contributed by atoms with Gasteiger partial charge < -0.3 is 15.1 Å². The van der Waals surface area contributed by atoms with Gasteiger partial charge >= 0.3 is 0 Å². The first-order valence-corrected chi connectivity index (χ1v) is 5.72. The maximum Gasteiger partial charge on any atom is 0.289 e. The zero-order valence-electron chi connectivity index (χ0n) is 9.26. The Labute approximate surface area is 98.8 Å². The Morgan fingerprint density at radius 2 is 1.88 bits per heavy atom. The van der Waals surface area contributed by atoms with Crippen LogP contribution in [-0.4, -0.2) is 33.6 Å². The first-order valence-electron chi connectivity index (χ1n) is 5.72. The number of amides is 1. The van der Waals surface area contributed by atoms with E-state index in [0.29, 0.717) is 5.57 Å². The maximum atomic E-state index is 11.8. The normalized spacial score (nSPS) is 23.4. The summed E-state index contributed by atoms with van der Waals surface area (Å²) in [7, 11) is 0. The number of rotatable bonds is 1. The van der Waals surface area contributed by atoms with E-state index in [1.54, 1.807) is 29.2 Å². The van der Waals surface area contributed by atoms with Crippen LogP contribution in [0.4, 0.5) is 0 Å². The van der Waals surface area contributed by atoms with Gasteiger partial charge in [-0.05, 0) is 30.5 Å². The number of hydrogen-bond acceptors (Lipinski definition) is 3. The molecule has 88 valence electrons. The Bertz CT molecular complexity index is 504. The molecular weight excluding hydrogens is 218 g/mol. The summed E-state index contributed by atoms with van der Waals surface area (Å²) in [6.07, 6.45) is 1.87. The highest BCUT2D eigenvalue weighted by molar-refractivity contribution is 6.05. The fourth-order valence-corrected chi connectivity index (χ4v) is 2.69. The lowest BCUT2D eigenvalue weighted by Crippen LogP contribution is -2.29. The van der Waals surface area contributed by atoms with Crippen molar-refractivity contribution in [3.63, 3.8) is 0 Å². The predicted octanol–water partition coefficient (Wildman–Crippen LogP) is 1.67. The van der Waals surface area contributed by atoms with E-state index >= 15 is 0 Å². The van der Waals surface area contributed by atoms with Crippen molar-refractivity contribution in [3.05, 3.63) is 35.6 Å². The fourth-order valence-electron chi connectivity index (χ4n) is 2.69. The molecule has 0 aromatic heterocycles. The fraction of sp³-hybridized carbons (Fsp3) is 0.308. The Kier molecular flexibility index (Phi) is 2.11. The quantitative estimate of drug-likeness (QED) is 0.772. The van der Waals surface area contributed by atoms with Gasteiger partial charge in [0.05, 0.1) is 6.04 Å². The Balaban J connectivity index is 2.07. The largest absolute Gasteiger partial charge is 0.508 e. The molecule has 0 bridgehead atoms. The third-order valence-electron chi connectivity index (χ3n) is 3.48. The van der Waals surface area contributed by atoms with E-state index in [1.807, 2.05) is 0 Å². The molecule has 0 radical (unpaired) electrons. The number of hydrogen-bond donors (Lipinski definition) is 2. The van der Waals surface area contributed by atoms with Crippen molar-refractivity contribution in [2.75, 3.05) is 6.54 Å². The summed E-state index contributed by atoms with van der Waals surface area (Å²) in [6.45, 7) is 0.717. The van der Waals surface area contributed by atoms with Gasteiger partial charge in [0.1, 0.15) is 5.75 Å². The molecule has 1 fully saturated rings. The summed E-state index contributed by atoms with van der Waals surface area (Å²) in [5.74, 6) is -0.225.